The Hall–Kier alpha value is -1.40. The maximum Gasteiger partial charge on any atom is 0.140 e. The molecule has 72 valence electrons. The van der Waals surface area contributed by atoms with Gasteiger partial charge in [-0.2, -0.15) is 5.26 Å². The molecule has 14 heavy (non-hydrogen) atoms. The molecule has 1 N–H and O–H groups in total. The zero-order valence-corrected chi connectivity index (χ0v) is 8.03. The summed E-state index contributed by atoms with van der Waals surface area (Å²) in [5, 5.41) is 12.1. The second-order valence-electron chi connectivity index (χ2n) is 3.61. The molecule has 2 rings (SSSR count). The van der Waals surface area contributed by atoms with E-state index < -0.39 is 0 Å². The third-order valence-electron chi connectivity index (χ3n) is 2.71. The van der Waals surface area contributed by atoms with Gasteiger partial charge in [0.05, 0.1) is 0 Å². The maximum atomic E-state index is 8.74. The highest BCUT2D eigenvalue weighted by molar-refractivity contribution is 5.28. The molecule has 1 aliphatic rings. The Bertz CT molecular complexity index is 348. The highest BCUT2D eigenvalue weighted by atomic mass is 14.9. The van der Waals surface area contributed by atoms with Crippen LogP contribution in [0, 0.1) is 11.3 Å². The van der Waals surface area contributed by atoms with Crippen molar-refractivity contribution < 1.29 is 0 Å². The summed E-state index contributed by atoms with van der Waals surface area (Å²) in [7, 11) is 0. The van der Waals surface area contributed by atoms with Crippen LogP contribution in [0.5, 0.6) is 0 Å². The van der Waals surface area contributed by atoms with E-state index in [4.69, 9.17) is 5.26 Å². The predicted octanol–water partition coefficient (Wildman–Crippen LogP) is 1.42. The van der Waals surface area contributed by atoms with Crippen molar-refractivity contribution in [1.82, 2.24) is 10.3 Å². The van der Waals surface area contributed by atoms with Crippen molar-refractivity contribution in [1.29, 1.82) is 5.26 Å². The summed E-state index contributed by atoms with van der Waals surface area (Å²) in [6, 6.07) is 6.02. The molecule has 0 radical (unpaired) electrons. The molecule has 0 saturated carbocycles. The fourth-order valence-electron chi connectivity index (χ4n) is 1.92. The minimum Gasteiger partial charge on any atom is -0.317 e. The van der Waals surface area contributed by atoms with E-state index in [0.29, 0.717) is 11.6 Å². The number of hydrogen-bond donors (Lipinski definition) is 1. The van der Waals surface area contributed by atoms with Gasteiger partial charge in [0.1, 0.15) is 11.8 Å². The van der Waals surface area contributed by atoms with Gasteiger partial charge >= 0.3 is 0 Å². The van der Waals surface area contributed by atoms with Crippen LogP contribution in [0.15, 0.2) is 18.3 Å². The first-order chi connectivity index (χ1) is 6.90. The van der Waals surface area contributed by atoms with Gasteiger partial charge in [-0.1, -0.05) is 0 Å². The van der Waals surface area contributed by atoms with Crippen molar-refractivity contribution in [3.8, 4) is 6.07 Å². The fourth-order valence-corrected chi connectivity index (χ4v) is 1.92. The van der Waals surface area contributed by atoms with E-state index in [2.05, 4.69) is 16.4 Å². The van der Waals surface area contributed by atoms with Crippen LogP contribution in [0.4, 0.5) is 0 Å². The first-order valence-electron chi connectivity index (χ1n) is 4.97. The number of aromatic nitrogens is 1. The molecule has 0 atom stereocenters. The minimum atomic E-state index is 0.529. The van der Waals surface area contributed by atoms with Crippen LogP contribution in [0.25, 0.3) is 0 Å². The second kappa shape index (κ2) is 4.21. The number of nitrogens with one attached hydrogen (secondary N) is 1. The molecule has 1 aromatic heterocycles. The van der Waals surface area contributed by atoms with E-state index in [1.807, 2.05) is 12.1 Å². The van der Waals surface area contributed by atoms with Gasteiger partial charge in [0, 0.05) is 6.20 Å². The van der Waals surface area contributed by atoms with Crippen LogP contribution in [0.2, 0.25) is 0 Å². The lowest BCUT2D eigenvalue weighted by molar-refractivity contribution is 0.460. The standard InChI is InChI=1S/C11H13N3/c12-8-11-7-10(3-6-14-11)9-1-4-13-5-2-9/h3,6-7,9,13H,1-2,4-5H2. The fraction of sp³-hybridized carbons (Fsp3) is 0.455. The normalized spacial score (nSPS) is 17.6. The molecule has 0 aliphatic carbocycles. The largest absolute Gasteiger partial charge is 0.317 e. The minimum absolute atomic E-state index is 0.529. The molecule has 3 heteroatoms. The lowest BCUT2D eigenvalue weighted by Crippen LogP contribution is -2.26. The van der Waals surface area contributed by atoms with Crippen molar-refractivity contribution in [3.05, 3.63) is 29.6 Å². The Labute approximate surface area is 83.8 Å². The number of rotatable bonds is 1. The van der Waals surface area contributed by atoms with Crippen LogP contribution in [0.1, 0.15) is 30.0 Å². The SMILES string of the molecule is N#Cc1cc(C2CCNCC2)ccn1. The Kier molecular flexibility index (Phi) is 2.76. The van der Waals surface area contributed by atoms with Gasteiger partial charge in [-0.25, -0.2) is 4.98 Å². The Morgan fingerprint density at radius 3 is 2.93 bits per heavy atom. The van der Waals surface area contributed by atoms with Gasteiger partial charge < -0.3 is 5.32 Å². The summed E-state index contributed by atoms with van der Waals surface area (Å²) < 4.78 is 0. The van der Waals surface area contributed by atoms with Crippen LogP contribution < -0.4 is 5.32 Å². The molecule has 2 heterocycles. The number of nitriles is 1. The van der Waals surface area contributed by atoms with Gasteiger partial charge in [0.15, 0.2) is 0 Å². The molecule has 0 amide bonds. The van der Waals surface area contributed by atoms with Crippen molar-refractivity contribution in [2.75, 3.05) is 13.1 Å². The van der Waals surface area contributed by atoms with Gasteiger partial charge in [-0.15, -0.1) is 0 Å². The lowest BCUT2D eigenvalue weighted by Gasteiger charge is -2.22. The molecule has 0 bridgehead atoms. The Morgan fingerprint density at radius 2 is 2.21 bits per heavy atom. The highest BCUT2D eigenvalue weighted by Crippen LogP contribution is 2.24. The average Bonchev–Trinajstić information content (AvgIpc) is 2.30. The summed E-state index contributed by atoms with van der Waals surface area (Å²) in [6.45, 7) is 2.16. The van der Waals surface area contributed by atoms with Crippen LogP contribution in [-0.4, -0.2) is 18.1 Å². The van der Waals surface area contributed by atoms with E-state index in [9.17, 15) is 0 Å². The van der Waals surface area contributed by atoms with E-state index in [-0.39, 0.29) is 0 Å². The van der Waals surface area contributed by atoms with Crippen molar-refractivity contribution in [2.45, 2.75) is 18.8 Å². The topological polar surface area (TPSA) is 48.7 Å². The van der Waals surface area contributed by atoms with E-state index in [1.165, 1.54) is 5.56 Å². The summed E-state index contributed by atoms with van der Waals surface area (Å²) >= 11 is 0. The highest BCUT2D eigenvalue weighted by Gasteiger charge is 2.15. The third kappa shape index (κ3) is 1.91. The molecule has 1 aliphatic heterocycles. The average molecular weight is 187 g/mol. The van der Waals surface area contributed by atoms with Gasteiger partial charge in [-0.3, -0.25) is 0 Å². The number of piperidine rings is 1. The summed E-state index contributed by atoms with van der Waals surface area (Å²) in [5.41, 5.74) is 1.79. The van der Waals surface area contributed by atoms with Crippen LogP contribution in [-0.2, 0) is 0 Å². The zero-order valence-electron chi connectivity index (χ0n) is 8.03. The van der Waals surface area contributed by atoms with E-state index in [1.54, 1.807) is 6.20 Å². The van der Waals surface area contributed by atoms with E-state index >= 15 is 0 Å². The van der Waals surface area contributed by atoms with Gasteiger partial charge in [0.25, 0.3) is 0 Å². The quantitative estimate of drug-likeness (QED) is 0.723. The smallest absolute Gasteiger partial charge is 0.140 e. The number of pyridine rings is 1. The molecule has 1 fully saturated rings. The monoisotopic (exact) mass is 187 g/mol. The first-order valence-corrected chi connectivity index (χ1v) is 4.97. The molecule has 3 nitrogen and oxygen atoms in total. The van der Waals surface area contributed by atoms with Gasteiger partial charge in [0.2, 0.25) is 0 Å². The Morgan fingerprint density at radius 1 is 1.43 bits per heavy atom. The van der Waals surface area contributed by atoms with Crippen molar-refractivity contribution >= 4 is 0 Å². The Balaban J connectivity index is 2.18. The molecule has 0 aromatic carbocycles. The third-order valence-corrected chi connectivity index (χ3v) is 2.71. The predicted molar refractivity (Wildman–Crippen MR) is 53.8 cm³/mol. The molecular formula is C11H13N3. The first kappa shape index (κ1) is 9.17. The van der Waals surface area contributed by atoms with E-state index in [0.717, 1.165) is 25.9 Å². The molecule has 0 spiro atoms. The number of nitrogens with zero attached hydrogens (tertiary/aromatic N) is 2. The van der Waals surface area contributed by atoms with Crippen molar-refractivity contribution in [2.24, 2.45) is 0 Å². The van der Waals surface area contributed by atoms with Crippen LogP contribution >= 0.6 is 0 Å². The zero-order chi connectivity index (χ0) is 9.80. The molecule has 1 aromatic rings. The molecular weight excluding hydrogens is 174 g/mol. The molecule has 0 unspecified atom stereocenters. The van der Waals surface area contributed by atoms with Crippen molar-refractivity contribution in [3.63, 3.8) is 0 Å². The molecule has 1 saturated heterocycles. The maximum absolute atomic E-state index is 8.74. The van der Waals surface area contributed by atoms with Gasteiger partial charge in [-0.05, 0) is 49.5 Å². The summed E-state index contributed by atoms with van der Waals surface area (Å²) in [4.78, 5) is 3.98. The second-order valence-corrected chi connectivity index (χ2v) is 3.61. The van der Waals surface area contributed by atoms with Crippen LogP contribution in [0.3, 0.4) is 0 Å². The summed E-state index contributed by atoms with van der Waals surface area (Å²) in [6.07, 6.45) is 4.06. The summed E-state index contributed by atoms with van der Waals surface area (Å²) in [5.74, 6) is 0.603. The number of hydrogen-bond acceptors (Lipinski definition) is 3. The lowest BCUT2D eigenvalue weighted by atomic mass is 9.90.